The fraction of sp³-hybridized carbons (Fsp3) is 0.600. The highest BCUT2D eigenvalue weighted by Gasteiger charge is 2.14. The molecule has 0 unspecified atom stereocenters. The van der Waals surface area contributed by atoms with Gasteiger partial charge in [-0.3, -0.25) is 9.79 Å². The van der Waals surface area contributed by atoms with Crippen LogP contribution in [0.15, 0.2) is 29.3 Å². The molecule has 154 valence electrons. The van der Waals surface area contributed by atoms with E-state index in [0.717, 1.165) is 5.75 Å². The Morgan fingerprint density at radius 3 is 2.11 bits per heavy atom. The minimum atomic E-state index is -0.244. The molecular weight excluding hydrogens is 455 g/mol. The van der Waals surface area contributed by atoms with Crippen molar-refractivity contribution in [3.8, 4) is 5.75 Å². The standard InChI is InChI=1S/C20H34N4O2.HI/c1-19(2,3)15-8-10-16(11-9-15)26-13-12-22-18(21-7)23-14-17(25)24-20(4,5)6;/h8-11H,12-14H2,1-7H3,(H,24,25)(H2,21,22,23);1H. The highest BCUT2D eigenvalue weighted by atomic mass is 127. The van der Waals surface area contributed by atoms with Crippen LogP contribution in [0.1, 0.15) is 47.1 Å². The van der Waals surface area contributed by atoms with Gasteiger partial charge >= 0.3 is 0 Å². The summed E-state index contributed by atoms with van der Waals surface area (Å²) < 4.78 is 5.74. The zero-order chi connectivity index (χ0) is 19.8. The predicted octanol–water partition coefficient (Wildman–Crippen LogP) is 3.06. The Kier molecular flexibility index (Phi) is 10.7. The Labute approximate surface area is 181 Å². The predicted molar refractivity (Wildman–Crippen MR) is 123 cm³/mol. The molecule has 0 fully saturated rings. The van der Waals surface area contributed by atoms with Crippen LogP contribution in [0.5, 0.6) is 5.75 Å². The lowest BCUT2D eigenvalue weighted by atomic mass is 9.87. The summed E-state index contributed by atoms with van der Waals surface area (Å²) in [5.74, 6) is 1.34. The van der Waals surface area contributed by atoms with E-state index < -0.39 is 0 Å². The van der Waals surface area contributed by atoms with E-state index in [-0.39, 0.29) is 47.4 Å². The third-order valence-corrected chi connectivity index (χ3v) is 3.54. The second kappa shape index (κ2) is 11.4. The van der Waals surface area contributed by atoms with Crippen LogP contribution in [-0.4, -0.2) is 44.1 Å². The molecule has 1 amide bonds. The lowest BCUT2D eigenvalue weighted by molar-refractivity contribution is -0.121. The Balaban J connectivity index is 0.00000676. The van der Waals surface area contributed by atoms with E-state index in [1.54, 1.807) is 7.05 Å². The second-order valence-electron chi connectivity index (χ2n) is 8.27. The lowest BCUT2D eigenvalue weighted by Gasteiger charge is -2.21. The molecule has 0 atom stereocenters. The van der Waals surface area contributed by atoms with Gasteiger partial charge in [-0.25, -0.2) is 0 Å². The van der Waals surface area contributed by atoms with Crippen LogP contribution in [0.3, 0.4) is 0 Å². The summed E-state index contributed by atoms with van der Waals surface area (Å²) in [5.41, 5.74) is 1.17. The maximum atomic E-state index is 11.8. The van der Waals surface area contributed by atoms with Gasteiger partial charge in [0.1, 0.15) is 12.4 Å². The van der Waals surface area contributed by atoms with Crippen molar-refractivity contribution < 1.29 is 9.53 Å². The van der Waals surface area contributed by atoms with Crippen LogP contribution in [0.4, 0.5) is 0 Å². The number of nitrogens with one attached hydrogen (secondary N) is 3. The van der Waals surface area contributed by atoms with Crippen molar-refractivity contribution in [2.75, 3.05) is 26.7 Å². The first-order chi connectivity index (χ1) is 12.0. The molecule has 0 bridgehead atoms. The summed E-state index contributed by atoms with van der Waals surface area (Å²) in [6, 6.07) is 8.17. The third kappa shape index (κ3) is 11.0. The average molecular weight is 490 g/mol. The van der Waals surface area contributed by atoms with Crippen LogP contribution < -0.4 is 20.7 Å². The number of amides is 1. The number of guanidine groups is 1. The summed E-state index contributed by atoms with van der Waals surface area (Å²) in [6.45, 7) is 13.7. The summed E-state index contributed by atoms with van der Waals surface area (Å²) >= 11 is 0. The largest absolute Gasteiger partial charge is 0.492 e. The Morgan fingerprint density at radius 2 is 1.63 bits per heavy atom. The summed E-state index contributed by atoms with van der Waals surface area (Å²) in [5, 5.41) is 9.01. The first-order valence-corrected chi connectivity index (χ1v) is 9.00. The van der Waals surface area contributed by atoms with Gasteiger partial charge in [-0.15, -0.1) is 24.0 Å². The number of carbonyl (C=O) groups is 1. The second-order valence-corrected chi connectivity index (χ2v) is 8.27. The Bertz CT molecular complexity index is 602. The molecule has 3 N–H and O–H groups in total. The quantitative estimate of drug-likeness (QED) is 0.248. The fourth-order valence-electron chi connectivity index (χ4n) is 2.24. The van der Waals surface area contributed by atoms with Crippen LogP contribution >= 0.6 is 24.0 Å². The fourth-order valence-corrected chi connectivity index (χ4v) is 2.24. The van der Waals surface area contributed by atoms with E-state index in [2.05, 4.69) is 53.8 Å². The molecule has 0 saturated heterocycles. The number of nitrogens with zero attached hydrogens (tertiary/aromatic N) is 1. The van der Waals surface area contributed by atoms with Crippen molar-refractivity contribution in [3.63, 3.8) is 0 Å². The van der Waals surface area contributed by atoms with E-state index in [1.165, 1.54) is 5.56 Å². The molecule has 0 heterocycles. The van der Waals surface area contributed by atoms with Gasteiger partial charge in [0.2, 0.25) is 5.91 Å². The third-order valence-electron chi connectivity index (χ3n) is 3.54. The van der Waals surface area contributed by atoms with Crippen molar-refractivity contribution in [2.45, 2.75) is 52.5 Å². The first-order valence-electron chi connectivity index (χ1n) is 9.00. The molecule has 0 aromatic heterocycles. The maximum Gasteiger partial charge on any atom is 0.239 e. The van der Waals surface area contributed by atoms with E-state index in [0.29, 0.717) is 19.1 Å². The smallest absolute Gasteiger partial charge is 0.239 e. The molecule has 27 heavy (non-hydrogen) atoms. The number of benzene rings is 1. The Morgan fingerprint density at radius 1 is 1.04 bits per heavy atom. The van der Waals surface area contributed by atoms with Crippen LogP contribution in [-0.2, 0) is 10.2 Å². The number of carbonyl (C=O) groups excluding carboxylic acids is 1. The van der Waals surface area contributed by atoms with Gasteiger partial charge in [0.25, 0.3) is 0 Å². The van der Waals surface area contributed by atoms with Crippen molar-refractivity contribution in [3.05, 3.63) is 29.8 Å². The number of rotatable bonds is 6. The van der Waals surface area contributed by atoms with Crippen molar-refractivity contribution in [1.82, 2.24) is 16.0 Å². The van der Waals surface area contributed by atoms with E-state index >= 15 is 0 Å². The van der Waals surface area contributed by atoms with E-state index in [4.69, 9.17) is 4.74 Å². The van der Waals surface area contributed by atoms with Gasteiger partial charge in [0.15, 0.2) is 5.96 Å². The summed E-state index contributed by atoms with van der Waals surface area (Å²) in [7, 11) is 1.67. The highest BCUT2D eigenvalue weighted by Crippen LogP contribution is 2.24. The first kappa shape index (κ1) is 25.5. The summed E-state index contributed by atoms with van der Waals surface area (Å²) in [6.07, 6.45) is 0. The van der Waals surface area contributed by atoms with Crippen molar-refractivity contribution >= 4 is 35.8 Å². The Hall–Kier alpha value is -1.51. The van der Waals surface area contributed by atoms with Gasteiger partial charge < -0.3 is 20.7 Å². The van der Waals surface area contributed by atoms with Crippen LogP contribution in [0.2, 0.25) is 0 Å². The molecule has 0 saturated carbocycles. The van der Waals surface area contributed by atoms with E-state index in [9.17, 15) is 4.79 Å². The van der Waals surface area contributed by atoms with Gasteiger partial charge in [-0.2, -0.15) is 0 Å². The molecule has 0 spiro atoms. The van der Waals surface area contributed by atoms with Gasteiger partial charge in [-0.1, -0.05) is 32.9 Å². The van der Waals surface area contributed by atoms with Crippen LogP contribution in [0.25, 0.3) is 0 Å². The van der Waals surface area contributed by atoms with Crippen molar-refractivity contribution in [2.24, 2.45) is 4.99 Å². The van der Waals surface area contributed by atoms with Gasteiger partial charge in [0, 0.05) is 12.6 Å². The number of halogens is 1. The van der Waals surface area contributed by atoms with Crippen molar-refractivity contribution in [1.29, 1.82) is 0 Å². The number of ether oxygens (including phenoxy) is 1. The van der Waals surface area contributed by atoms with Gasteiger partial charge in [-0.05, 0) is 43.9 Å². The van der Waals surface area contributed by atoms with Gasteiger partial charge in [0.05, 0.1) is 13.1 Å². The molecule has 0 aliphatic carbocycles. The molecule has 1 rings (SSSR count). The van der Waals surface area contributed by atoms with E-state index in [1.807, 2.05) is 32.9 Å². The molecular formula is C20H35IN4O2. The number of hydrogen-bond acceptors (Lipinski definition) is 3. The molecule has 1 aromatic rings. The zero-order valence-corrected chi connectivity index (χ0v) is 19.9. The zero-order valence-electron chi connectivity index (χ0n) is 17.6. The van der Waals surface area contributed by atoms with Crippen LogP contribution in [0, 0.1) is 0 Å². The molecule has 7 heteroatoms. The molecule has 0 aliphatic heterocycles. The molecule has 0 radical (unpaired) electrons. The highest BCUT2D eigenvalue weighted by molar-refractivity contribution is 14.0. The normalized spacial score (nSPS) is 12.0. The SMILES string of the molecule is CN=C(NCCOc1ccc(C(C)(C)C)cc1)NCC(=O)NC(C)(C)C.I. The molecule has 6 nitrogen and oxygen atoms in total. The molecule has 1 aromatic carbocycles. The summed E-state index contributed by atoms with van der Waals surface area (Å²) in [4.78, 5) is 15.9. The maximum absolute atomic E-state index is 11.8. The average Bonchev–Trinajstić information content (AvgIpc) is 2.52. The minimum absolute atomic E-state index is 0. The molecule has 0 aliphatic rings. The lowest BCUT2D eigenvalue weighted by Crippen LogP contribution is -2.48. The topological polar surface area (TPSA) is 74.8 Å². The number of hydrogen-bond donors (Lipinski definition) is 3. The monoisotopic (exact) mass is 490 g/mol. The number of aliphatic imine (C=N–C) groups is 1. The minimum Gasteiger partial charge on any atom is -0.492 e.